The minimum absolute atomic E-state index is 0.430. The lowest BCUT2D eigenvalue weighted by Crippen LogP contribution is -2.40. The summed E-state index contributed by atoms with van der Waals surface area (Å²) in [5.41, 5.74) is -0.430. The molecule has 0 aromatic carbocycles. The fourth-order valence-corrected chi connectivity index (χ4v) is 2.24. The maximum Gasteiger partial charge on any atom is 0.276 e. The zero-order chi connectivity index (χ0) is 12.7. The van der Waals surface area contributed by atoms with Crippen LogP contribution in [0.2, 0.25) is 0 Å². The van der Waals surface area contributed by atoms with Crippen LogP contribution in [-0.4, -0.2) is 28.0 Å². The molecular formula is C11H18N4OS. The van der Waals surface area contributed by atoms with Crippen molar-refractivity contribution in [2.75, 3.05) is 12.3 Å². The van der Waals surface area contributed by atoms with Gasteiger partial charge in [0.25, 0.3) is 5.22 Å². The van der Waals surface area contributed by atoms with E-state index in [2.05, 4.69) is 21.6 Å². The zero-order valence-electron chi connectivity index (χ0n) is 10.5. The molecule has 1 unspecified atom stereocenters. The van der Waals surface area contributed by atoms with Gasteiger partial charge in [-0.25, -0.2) is 0 Å². The molecule has 6 heteroatoms. The third kappa shape index (κ3) is 4.75. The van der Waals surface area contributed by atoms with Crippen LogP contribution < -0.4 is 5.32 Å². The number of rotatable bonds is 7. The first-order valence-electron chi connectivity index (χ1n) is 5.69. The summed E-state index contributed by atoms with van der Waals surface area (Å²) < 4.78 is 5.25. The molecule has 1 aromatic rings. The molecule has 17 heavy (non-hydrogen) atoms. The lowest BCUT2D eigenvalue weighted by Gasteiger charge is -2.21. The number of thioether (sulfide) groups is 1. The predicted molar refractivity (Wildman–Crippen MR) is 66.7 cm³/mol. The summed E-state index contributed by atoms with van der Waals surface area (Å²) in [5.74, 6) is 1.46. The van der Waals surface area contributed by atoms with Crippen LogP contribution in [0.5, 0.6) is 0 Å². The number of hydrogen-bond acceptors (Lipinski definition) is 6. The van der Waals surface area contributed by atoms with Gasteiger partial charge >= 0.3 is 0 Å². The Hall–Kier alpha value is -1.06. The molecular weight excluding hydrogens is 236 g/mol. The van der Waals surface area contributed by atoms with Gasteiger partial charge in [-0.3, -0.25) is 5.32 Å². The lowest BCUT2D eigenvalue weighted by molar-refractivity contribution is 0.421. The van der Waals surface area contributed by atoms with Gasteiger partial charge < -0.3 is 4.42 Å². The molecule has 0 saturated carbocycles. The number of aryl methyl sites for hydroxylation is 1. The Kier molecular flexibility index (Phi) is 5.45. The van der Waals surface area contributed by atoms with Crippen LogP contribution in [0.25, 0.3) is 0 Å². The summed E-state index contributed by atoms with van der Waals surface area (Å²) in [6.07, 6.45) is 1.75. The fourth-order valence-electron chi connectivity index (χ4n) is 1.50. The summed E-state index contributed by atoms with van der Waals surface area (Å²) in [4.78, 5) is 0. The second-order valence-corrected chi connectivity index (χ2v) is 5.06. The maximum absolute atomic E-state index is 9.08. The standard InChI is InChI=1S/C11H18N4OS/c1-4-13-11(3,8-12)6-5-7-17-10-15-14-9(2)16-10/h13H,4-7H2,1-3H3. The van der Waals surface area contributed by atoms with Crippen molar-refractivity contribution in [2.24, 2.45) is 0 Å². The monoisotopic (exact) mass is 254 g/mol. The van der Waals surface area contributed by atoms with E-state index in [0.29, 0.717) is 11.1 Å². The van der Waals surface area contributed by atoms with Gasteiger partial charge in [-0.1, -0.05) is 18.7 Å². The van der Waals surface area contributed by atoms with Crippen LogP contribution in [0.1, 0.15) is 32.6 Å². The number of nitrogens with one attached hydrogen (secondary N) is 1. The normalized spacial score (nSPS) is 14.2. The van der Waals surface area contributed by atoms with Gasteiger partial charge in [0.2, 0.25) is 5.89 Å². The minimum atomic E-state index is -0.430. The first kappa shape index (κ1) is 14.0. The van der Waals surface area contributed by atoms with E-state index in [9.17, 15) is 0 Å². The quantitative estimate of drug-likeness (QED) is 0.593. The largest absolute Gasteiger partial charge is 0.416 e. The van der Waals surface area contributed by atoms with E-state index in [1.165, 1.54) is 11.8 Å². The van der Waals surface area contributed by atoms with Crippen LogP contribution in [0, 0.1) is 18.3 Å². The maximum atomic E-state index is 9.08. The molecule has 0 aliphatic carbocycles. The highest BCUT2D eigenvalue weighted by atomic mass is 32.2. The molecule has 1 atom stereocenters. The Morgan fingerprint density at radius 3 is 2.82 bits per heavy atom. The first-order valence-corrected chi connectivity index (χ1v) is 6.67. The van der Waals surface area contributed by atoms with Crippen LogP contribution in [0.3, 0.4) is 0 Å². The van der Waals surface area contributed by atoms with Crippen molar-refractivity contribution in [1.82, 2.24) is 15.5 Å². The third-order valence-corrected chi connectivity index (χ3v) is 3.27. The molecule has 0 bridgehead atoms. The molecule has 1 aromatic heterocycles. The second-order valence-electron chi connectivity index (χ2n) is 4.01. The number of aromatic nitrogens is 2. The summed E-state index contributed by atoms with van der Waals surface area (Å²) in [6.45, 7) is 6.51. The van der Waals surface area contributed by atoms with Crippen molar-refractivity contribution in [3.8, 4) is 6.07 Å². The molecule has 0 aliphatic rings. The van der Waals surface area contributed by atoms with Crippen molar-refractivity contribution in [3.63, 3.8) is 0 Å². The van der Waals surface area contributed by atoms with Gasteiger partial charge in [0.05, 0.1) is 6.07 Å². The van der Waals surface area contributed by atoms with E-state index in [-0.39, 0.29) is 0 Å². The van der Waals surface area contributed by atoms with Crippen LogP contribution >= 0.6 is 11.8 Å². The molecule has 0 spiro atoms. The molecule has 0 fully saturated rings. The zero-order valence-corrected chi connectivity index (χ0v) is 11.3. The van der Waals surface area contributed by atoms with Crippen molar-refractivity contribution in [1.29, 1.82) is 5.26 Å². The second kappa shape index (κ2) is 6.62. The van der Waals surface area contributed by atoms with E-state index in [4.69, 9.17) is 9.68 Å². The van der Waals surface area contributed by atoms with Gasteiger partial charge in [0.1, 0.15) is 5.54 Å². The number of nitrogens with zero attached hydrogens (tertiary/aromatic N) is 3. The van der Waals surface area contributed by atoms with E-state index >= 15 is 0 Å². The molecule has 5 nitrogen and oxygen atoms in total. The highest BCUT2D eigenvalue weighted by Gasteiger charge is 2.21. The fraction of sp³-hybridized carbons (Fsp3) is 0.727. The van der Waals surface area contributed by atoms with Crippen molar-refractivity contribution in [3.05, 3.63) is 5.89 Å². The number of hydrogen-bond donors (Lipinski definition) is 1. The SMILES string of the molecule is CCNC(C)(C#N)CCCSc1nnc(C)o1. The molecule has 94 valence electrons. The topological polar surface area (TPSA) is 74.7 Å². The third-order valence-electron chi connectivity index (χ3n) is 2.37. The Bertz CT molecular complexity index is 387. The van der Waals surface area contributed by atoms with Crippen molar-refractivity contribution < 1.29 is 4.42 Å². The van der Waals surface area contributed by atoms with E-state index in [0.717, 1.165) is 25.1 Å². The Morgan fingerprint density at radius 2 is 2.29 bits per heavy atom. The molecule has 0 radical (unpaired) electrons. The van der Waals surface area contributed by atoms with Gasteiger partial charge in [-0.05, 0) is 26.3 Å². The highest BCUT2D eigenvalue weighted by molar-refractivity contribution is 7.99. The minimum Gasteiger partial charge on any atom is -0.416 e. The Balaban J connectivity index is 2.26. The summed E-state index contributed by atoms with van der Waals surface area (Å²) in [5, 5.41) is 20.5. The lowest BCUT2D eigenvalue weighted by atomic mass is 9.98. The van der Waals surface area contributed by atoms with E-state index in [1.54, 1.807) is 6.92 Å². The summed E-state index contributed by atoms with van der Waals surface area (Å²) in [6, 6.07) is 2.31. The first-order chi connectivity index (χ1) is 8.09. The van der Waals surface area contributed by atoms with Crippen molar-refractivity contribution in [2.45, 2.75) is 44.4 Å². The predicted octanol–water partition coefficient (Wildman–Crippen LogP) is 2.14. The van der Waals surface area contributed by atoms with Gasteiger partial charge in [0.15, 0.2) is 0 Å². The van der Waals surface area contributed by atoms with Gasteiger partial charge in [-0.2, -0.15) is 5.26 Å². The average Bonchev–Trinajstić information content (AvgIpc) is 2.71. The molecule has 0 amide bonds. The van der Waals surface area contributed by atoms with Crippen LogP contribution in [-0.2, 0) is 0 Å². The van der Waals surface area contributed by atoms with E-state index < -0.39 is 5.54 Å². The Labute approximate surface area is 106 Å². The van der Waals surface area contributed by atoms with Gasteiger partial charge in [0, 0.05) is 12.7 Å². The smallest absolute Gasteiger partial charge is 0.276 e. The summed E-state index contributed by atoms with van der Waals surface area (Å²) >= 11 is 1.53. The molecule has 1 N–H and O–H groups in total. The molecule has 0 aliphatic heterocycles. The van der Waals surface area contributed by atoms with Crippen LogP contribution in [0.15, 0.2) is 9.64 Å². The Morgan fingerprint density at radius 1 is 1.53 bits per heavy atom. The molecule has 1 heterocycles. The summed E-state index contributed by atoms with van der Waals surface area (Å²) in [7, 11) is 0. The highest BCUT2D eigenvalue weighted by Crippen LogP contribution is 2.19. The molecule has 0 saturated heterocycles. The van der Waals surface area contributed by atoms with E-state index in [1.807, 2.05) is 13.8 Å². The average molecular weight is 254 g/mol. The number of nitriles is 1. The van der Waals surface area contributed by atoms with Gasteiger partial charge in [-0.15, -0.1) is 10.2 Å². The van der Waals surface area contributed by atoms with Crippen LogP contribution in [0.4, 0.5) is 0 Å². The molecule has 1 rings (SSSR count). The van der Waals surface area contributed by atoms with Crippen molar-refractivity contribution >= 4 is 11.8 Å².